The van der Waals surface area contributed by atoms with Crippen LogP contribution < -0.4 is 5.32 Å². The van der Waals surface area contributed by atoms with E-state index in [-0.39, 0.29) is 12.5 Å². The molecule has 0 spiro atoms. The molecule has 0 aliphatic heterocycles. The van der Waals surface area contributed by atoms with E-state index in [1.165, 1.54) is 0 Å². The van der Waals surface area contributed by atoms with Crippen molar-refractivity contribution < 1.29 is 9.90 Å². The summed E-state index contributed by atoms with van der Waals surface area (Å²) in [5, 5.41) is 12.8. The molecule has 3 aromatic rings. The number of hydrogen-bond acceptors (Lipinski definition) is 2. The van der Waals surface area contributed by atoms with Gasteiger partial charge < -0.3 is 15.0 Å². The third kappa shape index (κ3) is 3.67. The maximum atomic E-state index is 12.1. The Kier molecular flexibility index (Phi) is 4.54. The van der Waals surface area contributed by atoms with E-state index in [1.807, 2.05) is 71.6 Å². The van der Waals surface area contributed by atoms with Gasteiger partial charge in [0.1, 0.15) is 0 Å². The van der Waals surface area contributed by atoms with Gasteiger partial charge in [-0.1, -0.05) is 30.3 Å². The van der Waals surface area contributed by atoms with Crippen molar-refractivity contribution in [1.82, 2.24) is 9.88 Å². The third-order valence-electron chi connectivity index (χ3n) is 3.67. The van der Waals surface area contributed by atoms with Crippen molar-refractivity contribution in [3.05, 3.63) is 90.3 Å². The number of nitrogens with one attached hydrogen (secondary N) is 1. The van der Waals surface area contributed by atoms with Crippen LogP contribution in [0.3, 0.4) is 0 Å². The largest absolute Gasteiger partial charge is 0.387 e. The summed E-state index contributed by atoms with van der Waals surface area (Å²) in [6.45, 7) is 0.183. The minimum atomic E-state index is -0.709. The highest BCUT2D eigenvalue weighted by atomic mass is 16.3. The normalized spacial score (nSPS) is 11.9. The molecule has 0 saturated heterocycles. The summed E-state index contributed by atoms with van der Waals surface area (Å²) in [4.78, 5) is 12.1. The predicted molar refractivity (Wildman–Crippen MR) is 89.5 cm³/mol. The summed E-state index contributed by atoms with van der Waals surface area (Å²) >= 11 is 0. The molecule has 23 heavy (non-hydrogen) atoms. The molecule has 1 amide bonds. The van der Waals surface area contributed by atoms with E-state index in [2.05, 4.69) is 5.32 Å². The highest BCUT2D eigenvalue weighted by Crippen LogP contribution is 2.12. The summed E-state index contributed by atoms with van der Waals surface area (Å²) in [5.74, 6) is -0.195. The number of rotatable bonds is 5. The predicted octanol–water partition coefficient (Wildman–Crippen LogP) is 2.94. The Hall–Kier alpha value is -2.85. The fourth-order valence-corrected chi connectivity index (χ4v) is 2.38. The molecule has 3 rings (SSSR count). The zero-order valence-electron chi connectivity index (χ0n) is 12.6. The van der Waals surface area contributed by atoms with Crippen LogP contribution in [-0.4, -0.2) is 22.1 Å². The second-order valence-corrected chi connectivity index (χ2v) is 5.27. The lowest BCUT2D eigenvalue weighted by Gasteiger charge is -2.12. The smallest absolute Gasteiger partial charge is 0.251 e. The Labute approximate surface area is 135 Å². The van der Waals surface area contributed by atoms with Crippen LogP contribution in [0, 0.1) is 0 Å². The first-order valence-electron chi connectivity index (χ1n) is 7.48. The summed E-state index contributed by atoms with van der Waals surface area (Å²) < 4.78 is 1.97. The van der Waals surface area contributed by atoms with Gasteiger partial charge in [-0.25, -0.2) is 0 Å². The lowest BCUT2D eigenvalue weighted by atomic mass is 10.1. The molecule has 0 saturated carbocycles. The van der Waals surface area contributed by atoms with E-state index >= 15 is 0 Å². The van der Waals surface area contributed by atoms with Crippen molar-refractivity contribution in [3.63, 3.8) is 0 Å². The Morgan fingerprint density at radius 3 is 2.26 bits per heavy atom. The second-order valence-electron chi connectivity index (χ2n) is 5.27. The van der Waals surface area contributed by atoms with Crippen molar-refractivity contribution in [1.29, 1.82) is 0 Å². The molecule has 0 aliphatic carbocycles. The molecule has 0 bridgehead atoms. The molecule has 1 heterocycles. The van der Waals surface area contributed by atoms with E-state index in [1.54, 1.807) is 12.1 Å². The first-order chi connectivity index (χ1) is 11.2. The zero-order valence-corrected chi connectivity index (χ0v) is 12.6. The van der Waals surface area contributed by atoms with Crippen molar-refractivity contribution in [2.75, 3.05) is 6.54 Å². The zero-order chi connectivity index (χ0) is 16.1. The van der Waals surface area contributed by atoms with Gasteiger partial charge in [0.15, 0.2) is 0 Å². The fourth-order valence-electron chi connectivity index (χ4n) is 2.38. The van der Waals surface area contributed by atoms with E-state index in [0.29, 0.717) is 5.56 Å². The van der Waals surface area contributed by atoms with Crippen LogP contribution in [0.15, 0.2) is 79.1 Å². The molecule has 2 aromatic carbocycles. The summed E-state index contributed by atoms with van der Waals surface area (Å²) in [5.41, 5.74) is 2.35. The average Bonchev–Trinajstić information content (AvgIpc) is 3.15. The summed E-state index contributed by atoms with van der Waals surface area (Å²) in [6.07, 6.45) is 3.19. The molecule has 0 fully saturated rings. The SMILES string of the molecule is O=C(NC[C@H](O)c1ccccc1)c1ccc(-n2cccc2)cc1. The number of amides is 1. The van der Waals surface area contributed by atoms with Crippen LogP contribution in [0.4, 0.5) is 0 Å². The average molecular weight is 306 g/mol. The highest BCUT2D eigenvalue weighted by Gasteiger charge is 2.10. The van der Waals surface area contributed by atoms with E-state index in [0.717, 1.165) is 11.3 Å². The Bertz CT molecular complexity index is 750. The van der Waals surface area contributed by atoms with Gasteiger partial charge in [-0.3, -0.25) is 4.79 Å². The van der Waals surface area contributed by atoms with Gasteiger partial charge in [0.2, 0.25) is 0 Å². The minimum absolute atomic E-state index is 0.183. The van der Waals surface area contributed by atoms with Gasteiger partial charge in [0, 0.05) is 30.2 Å². The van der Waals surface area contributed by atoms with Gasteiger partial charge in [-0.15, -0.1) is 0 Å². The summed E-state index contributed by atoms with van der Waals surface area (Å²) in [7, 11) is 0. The van der Waals surface area contributed by atoms with Gasteiger partial charge in [-0.05, 0) is 42.0 Å². The molecule has 0 radical (unpaired) electrons. The number of nitrogens with zero attached hydrogens (tertiary/aromatic N) is 1. The van der Waals surface area contributed by atoms with Crippen LogP contribution in [0.5, 0.6) is 0 Å². The van der Waals surface area contributed by atoms with Crippen LogP contribution in [-0.2, 0) is 0 Å². The third-order valence-corrected chi connectivity index (χ3v) is 3.67. The molecule has 2 N–H and O–H groups in total. The Morgan fingerprint density at radius 1 is 0.957 bits per heavy atom. The molecule has 4 nitrogen and oxygen atoms in total. The maximum Gasteiger partial charge on any atom is 0.251 e. The van der Waals surface area contributed by atoms with Crippen molar-refractivity contribution >= 4 is 5.91 Å². The molecule has 116 valence electrons. The molecule has 1 atom stereocenters. The van der Waals surface area contributed by atoms with Crippen molar-refractivity contribution in [2.24, 2.45) is 0 Å². The minimum Gasteiger partial charge on any atom is -0.387 e. The number of carbonyl (C=O) groups excluding carboxylic acids is 1. The van der Waals surface area contributed by atoms with E-state index < -0.39 is 6.10 Å². The van der Waals surface area contributed by atoms with E-state index in [9.17, 15) is 9.90 Å². The van der Waals surface area contributed by atoms with E-state index in [4.69, 9.17) is 0 Å². The van der Waals surface area contributed by atoms with Crippen LogP contribution >= 0.6 is 0 Å². The number of benzene rings is 2. The Morgan fingerprint density at radius 2 is 1.61 bits per heavy atom. The van der Waals surface area contributed by atoms with Crippen LogP contribution in [0.2, 0.25) is 0 Å². The van der Waals surface area contributed by atoms with Gasteiger partial charge in [0.05, 0.1) is 6.10 Å². The monoisotopic (exact) mass is 306 g/mol. The van der Waals surface area contributed by atoms with Gasteiger partial charge in [-0.2, -0.15) is 0 Å². The van der Waals surface area contributed by atoms with Crippen molar-refractivity contribution in [3.8, 4) is 5.69 Å². The van der Waals surface area contributed by atoms with Gasteiger partial charge in [0.25, 0.3) is 5.91 Å². The number of aromatic nitrogens is 1. The molecular weight excluding hydrogens is 288 g/mol. The first-order valence-corrected chi connectivity index (χ1v) is 7.48. The second kappa shape index (κ2) is 6.94. The molecule has 1 aromatic heterocycles. The maximum absolute atomic E-state index is 12.1. The number of aliphatic hydroxyl groups excluding tert-OH is 1. The van der Waals surface area contributed by atoms with Crippen molar-refractivity contribution in [2.45, 2.75) is 6.10 Å². The first kappa shape index (κ1) is 15.1. The topological polar surface area (TPSA) is 54.3 Å². The molecule has 0 unspecified atom stereocenters. The molecule has 4 heteroatoms. The highest BCUT2D eigenvalue weighted by molar-refractivity contribution is 5.94. The fraction of sp³-hybridized carbons (Fsp3) is 0.105. The molecule has 0 aliphatic rings. The quantitative estimate of drug-likeness (QED) is 0.761. The Balaban J connectivity index is 1.60. The lowest BCUT2D eigenvalue weighted by molar-refractivity contribution is 0.0916. The molecular formula is C19H18N2O2. The van der Waals surface area contributed by atoms with Gasteiger partial charge >= 0.3 is 0 Å². The lowest BCUT2D eigenvalue weighted by Crippen LogP contribution is -2.28. The van der Waals surface area contributed by atoms with Crippen LogP contribution in [0.25, 0.3) is 5.69 Å². The number of carbonyl (C=O) groups is 1. The van der Waals surface area contributed by atoms with Crippen LogP contribution in [0.1, 0.15) is 22.0 Å². The summed E-state index contributed by atoms with van der Waals surface area (Å²) in [6, 6.07) is 20.5. The standard InChI is InChI=1S/C19H18N2O2/c22-18(15-6-2-1-3-7-15)14-20-19(23)16-8-10-17(11-9-16)21-12-4-5-13-21/h1-13,18,22H,14H2,(H,20,23)/t18-/m0/s1. The number of aliphatic hydroxyl groups is 1. The number of hydrogen-bond donors (Lipinski definition) is 2.